The van der Waals surface area contributed by atoms with Crippen LogP contribution < -0.4 is 5.09 Å². The zero-order valence-corrected chi connectivity index (χ0v) is 20.5. The molecule has 0 saturated heterocycles. The van der Waals surface area contributed by atoms with E-state index in [1.165, 1.54) is 0 Å². The minimum absolute atomic E-state index is 0.288. The summed E-state index contributed by atoms with van der Waals surface area (Å²) in [5.41, 5.74) is 4.79. The van der Waals surface area contributed by atoms with Crippen molar-refractivity contribution in [3.8, 4) is 17.3 Å². The maximum absolute atomic E-state index is 9.98. The zero-order chi connectivity index (χ0) is 23.6. The summed E-state index contributed by atoms with van der Waals surface area (Å²) in [4.78, 5) is 0. The van der Waals surface area contributed by atoms with Gasteiger partial charge in [0.05, 0.1) is 23.4 Å². The van der Waals surface area contributed by atoms with Gasteiger partial charge in [-0.05, 0) is 6.07 Å². The second-order valence-corrected chi connectivity index (χ2v) is 9.33. The monoisotopic (exact) mass is 457 g/mol. The maximum Gasteiger partial charge on any atom is 0.191 e. The van der Waals surface area contributed by atoms with Gasteiger partial charge in [-0.25, -0.2) is 4.68 Å². The SMILES string of the molecule is Cn1c(-c2ccccc2)c(/N=N/c2c(C#N)c(C(C)(C)C)nn2CCNP)c2ccccc21. The number of hydrogen-bond donors (Lipinski definition) is 1. The van der Waals surface area contributed by atoms with Gasteiger partial charge in [-0.3, -0.25) is 5.09 Å². The molecular formula is C25H28N7P. The largest absolute Gasteiger partial charge is 0.342 e. The normalized spacial score (nSPS) is 12.0. The van der Waals surface area contributed by atoms with Gasteiger partial charge in [0.25, 0.3) is 0 Å². The highest BCUT2D eigenvalue weighted by molar-refractivity contribution is 7.13. The van der Waals surface area contributed by atoms with Gasteiger partial charge in [-0.1, -0.05) is 78.7 Å². The predicted octanol–water partition coefficient (Wildman–Crippen LogP) is 6.01. The van der Waals surface area contributed by atoms with E-state index in [0.717, 1.165) is 33.5 Å². The first-order valence-corrected chi connectivity index (χ1v) is 11.4. The van der Waals surface area contributed by atoms with Gasteiger partial charge in [0.15, 0.2) is 5.82 Å². The average molecular weight is 458 g/mol. The molecule has 0 bridgehead atoms. The van der Waals surface area contributed by atoms with E-state index in [2.05, 4.69) is 54.5 Å². The average Bonchev–Trinajstić information content (AvgIpc) is 3.31. The molecule has 4 aromatic rings. The molecule has 1 N–H and O–H groups in total. The Kier molecular flexibility index (Phi) is 6.42. The van der Waals surface area contributed by atoms with Crippen LogP contribution in [0.15, 0.2) is 64.8 Å². The third-order valence-corrected chi connectivity index (χ3v) is 5.88. The number of nitriles is 1. The van der Waals surface area contributed by atoms with Gasteiger partial charge in [0, 0.05) is 30.0 Å². The van der Waals surface area contributed by atoms with E-state index in [0.29, 0.717) is 24.5 Å². The number of aryl methyl sites for hydroxylation is 1. The van der Waals surface area contributed by atoms with Crippen LogP contribution in [0.3, 0.4) is 0 Å². The highest BCUT2D eigenvalue weighted by Crippen LogP contribution is 2.41. The molecule has 2 aromatic heterocycles. The summed E-state index contributed by atoms with van der Waals surface area (Å²) in [7, 11) is 4.53. The highest BCUT2D eigenvalue weighted by Gasteiger charge is 2.27. The molecule has 1 unspecified atom stereocenters. The number of nitrogens with one attached hydrogen (secondary N) is 1. The van der Waals surface area contributed by atoms with Crippen LogP contribution in [-0.2, 0) is 19.0 Å². The van der Waals surface area contributed by atoms with Gasteiger partial charge in [-0.15, -0.1) is 10.2 Å². The summed E-state index contributed by atoms with van der Waals surface area (Å²) in [5.74, 6) is 0.481. The van der Waals surface area contributed by atoms with E-state index >= 15 is 0 Å². The van der Waals surface area contributed by atoms with E-state index in [1.807, 2.05) is 58.2 Å². The lowest BCUT2D eigenvalue weighted by Crippen LogP contribution is -2.16. The van der Waals surface area contributed by atoms with Crippen LogP contribution in [0, 0.1) is 11.3 Å². The standard InChI is InChI=1S/C25H28N7P/c1-25(2,3)23-19(16-26)24(32(30-23)15-14-27-33)29-28-21-18-12-8-9-13-20(18)31(4)22(21)17-10-6-5-7-11-17/h5-13,27H,14-15,33H2,1-4H3/b29-28+. The smallest absolute Gasteiger partial charge is 0.191 e. The number of aromatic nitrogens is 3. The molecule has 4 rings (SSSR count). The Labute approximate surface area is 196 Å². The minimum atomic E-state index is -0.288. The molecule has 7 nitrogen and oxygen atoms in total. The van der Waals surface area contributed by atoms with Crippen LogP contribution in [0.4, 0.5) is 11.5 Å². The molecule has 1 atom stereocenters. The van der Waals surface area contributed by atoms with Gasteiger partial charge >= 0.3 is 0 Å². The number of rotatable bonds is 6. The molecule has 0 aliphatic carbocycles. The van der Waals surface area contributed by atoms with Gasteiger partial charge < -0.3 is 4.57 Å². The summed E-state index contributed by atoms with van der Waals surface area (Å²) < 4.78 is 3.91. The maximum atomic E-state index is 9.98. The molecule has 0 radical (unpaired) electrons. The summed E-state index contributed by atoms with van der Waals surface area (Å²) in [5, 5.41) is 28.2. The zero-order valence-electron chi connectivity index (χ0n) is 19.4. The first kappa shape index (κ1) is 22.8. The number of benzene rings is 2. The van der Waals surface area contributed by atoms with Crippen molar-refractivity contribution in [1.29, 1.82) is 5.26 Å². The van der Waals surface area contributed by atoms with Crippen molar-refractivity contribution in [2.45, 2.75) is 32.7 Å². The molecule has 33 heavy (non-hydrogen) atoms. The molecule has 0 fully saturated rings. The van der Waals surface area contributed by atoms with Crippen molar-refractivity contribution < 1.29 is 0 Å². The molecule has 0 spiro atoms. The van der Waals surface area contributed by atoms with Crippen molar-refractivity contribution in [3.63, 3.8) is 0 Å². The van der Waals surface area contributed by atoms with Crippen molar-refractivity contribution in [1.82, 2.24) is 19.4 Å². The van der Waals surface area contributed by atoms with Crippen molar-refractivity contribution >= 4 is 31.8 Å². The van der Waals surface area contributed by atoms with Crippen LogP contribution in [0.2, 0.25) is 0 Å². The predicted molar refractivity (Wildman–Crippen MR) is 136 cm³/mol. The number of hydrogen-bond acceptors (Lipinski definition) is 5. The lowest BCUT2D eigenvalue weighted by atomic mass is 9.90. The fourth-order valence-corrected chi connectivity index (χ4v) is 4.14. The Morgan fingerprint density at radius 1 is 1.06 bits per heavy atom. The fraction of sp³-hybridized carbons (Fsp3) is 0.280. The van der Waals surface area contributed by atoms with Crippen LogP contribution in [0.1, 0.15) is 32.0 Å². The summed E-state index contributed by atoms with van der Waals surface area (Å²) in [6.07, 6.45) is 0. The lowest BCUT2D eigenvalue weighted by molar-refractivity contribution is 0.532. The summed E-state index contributed by atoms with van der Waals surface area (Å²) in [6, 6.07) is 20.6. The lowest BCUT2D eigenvalue weighted by Gasteiger charge is -2.14. The molecule has 2 heterocycles. The molecule has 0 saturated carbocycles. The molecule has 0 amide bonds. The summed E-state index contributed by atoms with van der Waals surface area (Å²) in [6.45, 7) is 7.39. The van der Waals surface area contributed by atoms with Crippen molar-refractivity contribution in [2.75, 3.05) is 6.54 Å². The van der Waals surface area contributed by atoms with Crippen LogP contribution in [-0.4, -0.2) is 20.9 Å². The van der Waals surface area contributed by atoms with E-state index in [-0.39, 0.29) is 5.41 Å². The molecule has 2 aromatic carbocycles. The Hall–Kier alpha value is -3.33. The van der Waals surface area contributed by atoms with Gasteiger partial charge in [0.1, 0.15) is 17.3 Å². The van der Waals surface area contributed by atoms with Crippen molar-refractivity contribution in [3.05, 3.63) is 65.9 Å². The first-order chi connectivity index (χ1) is 15.9. The Balaban J connectivity index is 1.93. The minimum Gasteiger partial charge on any atom is -0.342 e. The van der Waals surface area contributed by atoms with E-state index in [4.69, 9.17) is 10.2 Å². The van der Waals surface area contributed by atoms with E-state index in [1.54, 1.807) is 4.68 Å². The summed E-state index contributed by atoms with van der Waals surface area (Å²) >= 11 is 0. The number of fused-ring (bicyclic) bond motifs is 1. The Morgan fingerprint density at radius 3 is 2.42 bits per heavy atom. The third kappa shape index (κ3) is 4.32. The second-order valence-electron chi connectivity index (χ2n) is 8.93. The molecule has 0 aliphatic heterocycles. The Bertz CT molecular complexity index is 1350. The quantitative estimate of drug-likeness (QED) is 0.284. The van der Waals surface area contributed by atoms with Crippen molar-refractivity contribution in [2.24, 2.45) is 17.3 Å². The van der Waals surface area contributed by atoms with E-state index < -0.39 is 0 Å². The third-order valence-electron chi connectivity index (χ3n) is 5.59. The molecular weight excluding hydrogens is 429 g/mol. The highest BCUT2D eigenvalue weighted by atomic mass is 31.0. The van der Waals surface area contributed by atoms with Gasteiger partial charge in [0.2, 0.25) is 0 Å². The van der Waals surface area contributed by atoms with Crippen LogP contribution >= 0.6 is 9.39 Å². The topological polar surface area (TPSA) is 83.3 Å². The fourth-order valence-electron chi connectivity index (χ4n) is 4.01. The number of para-hydroxylation sites is 1. The van der Waals surface area contributed by atoms with Gasteiger partial charge in [-0.2, -0.15) is 10.4 Å². The molecule has 168 valence electrons. The molecule has 8 heteroatoms. The second kappa shape index (κ2) is 9.27. The molecule has 0 aliphatic rings. The van der Waals surface area contributed by atoms with Crippen LogP contribution in [0.5, 0.6) is 0 Å². The first-order valence-electron chi connectivity index (χ1n) is 10.9. The number of nitrogens with zero attached hydrogens (tertiary/aromatic N) is 6. The number of azo groups is 1. The Morgan fingerprint density at radius 2 is 1.76 bits per heavy atom. The van der Waals surface area contributed by atoms with E-state index in [9.17, 15) is 5.26 Å². The van der Waals surface area contributed by atoms with Crippen LogP contribution in [0.25, 0.3) is 22.2 Å².